The first-order chi connectivity index (χ1) is 7.58. The smallest absolute Gasteiger partial charge is 0.128 e. The van der Waals surface area contributed by atoms with Gasteiger partial charge in [0, 0.05) is 30.9 Å². The molecule has 1 aromatic heterocycles. The molecule has 0 radical (unpaired) electrons. The summed E-state index contributed by atoms with van der Waals surface area (Å²) >= 11 is 0. The molecule has 16 heavy (non-hydrogen) atoms. The van der Waals surface area contributed by atoms with E-state index in [4.69, 9.17) is 0 Å². The Morgan fingerprint density at radius 3 is 2.19 bits per heavy atom. The average molecular weight is 221 g/mol. The van der Waals surface area contributed by atoms with Gasteiger partial charge in [-0.3, -0.25) is 0 Å². The molecule has 0 fully saturated rings. The van der Waals surface area contributed by atoms with Crippen molar-refractivity contribution in [3.63, 3.8) is 0 Å². The third kappa shape index (κ3) is 5.21. The molecule has 3 nitrogen and oxygen atoms in total. The minimum atomic E-state index is 0.616. The van der Waals surface area contributed by atoms with Crippen molar-refractivity contribution in [3.05, 3.63) is 23.8 Å². The molecule has 0 atom stereocenters. The average Bonchev–Trinajstić information content (AvgIpc) is 2.19. The van der Waals surface area contributed by atoms with E-state index >= 15 is 0 Å². The van der Waals surface area contributed by atoms with E-state index in [0.717, 1.165) is 30.9 Å². The maximum absolute atomic E-state index is 4.37. The Bertz CT molecular complexity index is 291. The summed E-state index contributed by atoms with van der Waals surface area (Å²) < 4.78 is 0. The van der Waals surface area contributed by atoms with Gasteiger partial charge in [-0.1, -0.05) is 27.7 Å². The fourth-order valence-electron chi connectivity index (χ4n) is 1.45. The van der Waals surface area contributed by atoms with Crippen LogP contribution in [0, 0.1) is 11.8 Å². The second-order valence-corrected chi connectivity index (χ2v) is 5.13. The van der Waals surface area contributed by atoms with Crippen molar-refractivity contribution in [2.45, 2.75) is 40.7 Å². The van der Waals surface area contributed by atoms with Gasteiger partial charge in [0.05, 0.1) is 0 Å². The van der Waals surface area contributed by atoms with Gasteiger partial charge in [-0.05, 0) is 18.4 Å². The van der Waals surface area contributed by atoms with Gasteiger partial charge >= 0.3 is 0 Å². The molecule has 0 aliphatic heterocycles. The van der Waals surface area contributed by atoms with Crippen LogP contribution in [-0.2, 0) is 13.0 Å². The van der Waals surface area contributed by atoms with Crippen molar-refractivity contribution in [2.75, 3.05) is 6.54 Å². The van der Waals surface area contributed by atoms with Crippen LogP contribution in [0.3, 0.4) is 0 Å². The molecule has 0 aromatic carbocycles. The van der Waals surface area contributed by atoms with Crippen LogP contribution in [0.25, 0.3) is 0 Å². The fourth-order valence-corrected chi connectivity index (χ4v) is 1.45. The molecule has 0 unspecified atom stereocenters. The zero-order valence-electron chi connectivity index (χ0n) is 10.8. The second-order valence-electron chi connectivity index (χ2n) is 5.13. The summed E-state index contributed by atoms with van der Waals surface area (Å²) in [6.45, 7) is 10.7. The fraction of sp³-hybridized carbons (Fsp3) is 0.692. The molecule has 0 saturated heterocycles. The Balaban J connectivity index is 2.39. The highest BCUT2D eigenvalue weighted by Gasteiger charge is 2.01. The third-order valence-corrected chi connectivity index (χ3v) is 2.23. The van der Waals surface area contributed by atoms with Crippen LogP contribution in [-0.4, -0.2) is 16.5 Å². The summed E-state index contributed by atoms with van der Waals surface area (Å²) in [5.41, 5.74) is 1.16. The minimum Gasteiger partial charge on any atom is -0.312 e. The topological polar surface area (TPSA) is 37.8 Å². The molecule has 90 valence electrons. The Morgan fingerprint density at radius 1 is 1.06 bits per heavy atom. The lowest BCUT2D eigenvalue weighted by atomic mass is 10.1. The van der Waals surface area contributed by atoms with Crippen molar-refractivity contribution >= 4 is 0 Å². The lowest BCUT2D eigenvalue weighted by molar-refractivity contribution is 0.550. The lowest BCUT2D eigenvalue weighted by Crippen LogP contribution is -2.19. The number of nitrogens with zero attached hydrogens (tertiary/aromatic N) is 2. The molecule has 1 heterocycles. The summed E-state index contributed by atoms with van der Waals surface area (Å²) in [6.07, 6.45) is 4.82. The Kier molecular flexibility index (Phi) is 5.39. The molecular formula is C13H23N3. The molecule has 1 rings (SSSR count). The van der Waals surface area contributed by atoms with Gasteiger partial charge in [0.1, 0.15) is 5.82 Å². The third-order valence-electron chi connectivity index (χ3n) is 2.23. The highest BCUT2D eigenvalue weighted by Crippen LogP contribution is 2.03. The molecule has 1 aromatic rings. The highest BCUT2D eigenvalue weighted by atomic mass is 14.9. The van der Waals surface area contributed by atoms with Gasteiger partial charge < -0.3 is 5.32 Å². The van der Waals surface area contributed by atoms with Gasteiger partial charge in [-0.2, -0.15) is 0 Å². The number of rotatable bonds is 6. The van der Waals surface area contributed by atoms with E-state index in [1.54, 1.807) is 0 Å². The maximum Gasteiger partial charge on any atom is 0.128 e. The first kappa shape index (κ1) is 13.1. The zero-order valence-corrected chi connectivity index (χ0v) is 10.8. The highest BCUT2D eigenvalue weighted by molar-refractivity contribution is 5.05. The molecule has 0 aliphatic rings. The molecule has 1 N–H and O–H groups in total. The van der Waals surface area contributed by atoms with Crippen molar-refractivity contribution in [3.8, 4) is 0 Å². The van der Waals surface area contributed by atoms with Crippen molar-refractivity contribution in [1.29, 1.82) is 0 Å². The number of aromatic nitrogens is 2. The van der Waals surface area contributed by atoms with Gasteiger partial charge in [0.2, 0.25) is 0 Å². The summed E-state index contributed by atoms with van der Waals surface area (Å²) in [7, 11) is 0. The second kappa shape index (κ2) is 6.59. The van der Waals surface area contributed by atoms with E-state index in [9.17, 15) is 0 Å². The van der Waals surface area contributed by atoms with Crippen molar-refractivity contribution in [2.24, 2.45) is 11.8 Å². The number of nitrogens with one attached hydrogen (secondary N) is 1. The summed E-state index contributed by atoms with van der Waals surface area (Å²) in [5.74, 6) is 2.24. The predicted molar refractivity (Wildman–Crippen MR) is 67.1 cm³/mol. The van der Waals surface area contributed by atoms with Crippen molar-refractivity contribution in [1.82, 2.24) is 15.3 Å². The zero-order chi connectivity index (χ0) is 12.0. The monoisotopic (exact) mass is 221 g/mol. The molecule has 0 aliphatic carbocycles. The normalized spacial score (nSPS) is 11.4. The largest absolute Gasteiger partial charge is 0.312 e. The first-order valence-electron chi connectivity index (χ1n) is 6.08. The summed E-state index contributed by atoms with van der Waals surface area (Å²) in [4.78, 5) is 8.73. The van der Waals surface area contributed by atoms with Crippen LogP contribution < -0.4 is 5.32 Å². The Morgan fingerprint density at radius 2 is 1.69 bits per heavy atom. The van der Waals surface area contributed by atoms with Crippen LogP contribution in [0.2, 0.25) is 0 Å². The van der Waals surface area contributed by atoms with Gasteiger partial charge in [-0.15, -0.1) is 0 Å². The van der Waals surface area contributed by atoms with E-state index in [0.29, 0.717) is 11.8 Å². The number of hydrogen-bond acceptors (Lipinski definition) is 3. The molecule has 0 amide bonds. The van der Waals surface area contributed by atoms with Gasteiger partial charge in [-0.25, -0.2) is 9.97 Å². The standard InChI is InChI=1S/C13H23N3/c1-10(2)5-13-15-8-12(9-16-13)7-14-6-11(3)4/h8-11,14H,5-7H2,1-4H3. The quantitative estimate of drug-likeness (QED) is 0.801. The molecular weight excluding hydrogens is 198 g/mol. The predicted octanol–water partition coefficient (Wildman–Crippen LogP) is 2.42. The van der Waals surface area contributed by atoms with Crippen LogP contribution in [0.15, 0.2) is 12.4 Å². The van der Waals surface area contributed by atoms with Crippen LogP contribution in [0.5, 0.6) is 0 Å². The van der Waals surface area contributed by atoms with E-state index in [2.05, 4.69) is 43.0 Å². The minimum absolute atomic E-state index is 0.616. The molecule has 3 heteroatoms. The van der Waals surface area contributed by atoms with Gasteiger partial charge in [0.15, 0.2) is 0 Å². The summed E-state index contributed by atoms with van der Waals surface area (Å²) in [6, 6.07) is 0. The van der Waals surface area contributed by atoms with Crippen LogP contribution in [0.4, 0.5) is 0 Å². The molecule has 0 saturated carbocycles. The molecule has 0 spiro atoms. The molecule has 0 bridgehead atoms. The van der Waals surface area contributed by atoms with Crippen LogP contribution in [0.1, 0.15) is 39.1 Å². The van der Waals surface area contributed by atoms with E-state index in [1.165, 1.54) is 0 Å². The number of hydrogen-bond donors (Lipinski definition) is 1. The Hall–Kier alpha value is -0.960. The lowest BCUT2D eigenvalue weighted by Gasteiger charge is -2.07. The first-order valence-corrected chi connectivity index (χ1v) is 6.08. The van der Waals surface area contributed by atoms with E-state index < -0.39 is 0 Å². The maximum atomic E-state index is 4.37. The SMILES string of the molecule is CC(C)CNCc1cnc(CC(C)C)nc1. The van der Waals surface area contributed by atoms with Crippen molar-refractivity contribution < 1.29 is 0 Å². The Labute approximate surface area is 98.7 Å². The van der Waals surface area contributed by atoms with Crippen LogP contribution >= 0.6 is 0 Å². The summed E-state index contributed by atoms with van der Waals surface area (Å²) in [5, 5.41) is 3.38. The van der Waals surface area contributed by atoms with E-state index in [-0.39, 0.29) is 0 Å². The van der Waals surface area contributed by atoms with E-state index in [1.807, 2.05) is 12.4 Å². The van der Waals surface area contributed by atoms with Gasteiger partial charge in [0.25, 0.3) is 0 Å².